The number of carbonyl (C=O) groups is 1. The lowest BCUT2D eigenvalue weighted by Crippen LogP contribution is -1.81. The Hall–Kier alpha value is -1.96. The molecule has 0 unspecified atom stereocenters. The van der Waals surface area contributed by atoms with E-state index in [9.17, 15) is 9.18 Å². The summed E-state index contributed by atoms with van der Waals surface area (Å²) in [6.45, 7) is 18.0. The summed E-state index contributed by atoms with van der Waals surface area (Å²) < 4.78 is 12.8. The largest absolute Gasteiger partial charge is 0.298 e. The molecular weight excluding hydrogens is 215 g/mol. The summed E-state index contributed by atoms with van der Waals surface area (Å²) in [6, 6.07) is 0. The van der Waals surface area contributed by atoms with Gasteiger partial charge in [0.1, 0.15) is 12.1 Å². The molecule has 0 aliphatic carbocycles. The van der Waals surface area contributed by atoms with Crippen molar-refractivity contribution in [1.82, 2.24) is 0 Å². The van der Waals surface area contributed by atoms with Crippen molar-refractivity contribution in [2.45, 2.75) is 13.8 Å². The smallest absolute Gasteiger partial charge is 0.149 e. The Bertz CT molecular complexity index is 370. The lowest BCUT2D eigenvalue weighted by Gasteiger charge is -1.98. The van der Waals surface area contributed by atoms with Gasteiger partial charge in [-0.25, -0.2) is 4.39 Å². The number of aldehydes is 1. The van der Waals surface area contributed by atoms with E-state index in [0.717, 1.165) is 6.08 Å². The normalized spacial score (nSPS) is 10.2. The third-order valence-corrected chi connectivity index (χ3v) is 1.57. The number of hydrogen-bond donors (Lipinski definition) is 0. The lowest BCUT2D eigenvalue weighted by atomic mass is 10.1. The van der Waals surface area contributed by atoms with Gasteiger partial charge in [0.15, 0.2) is 0 Å². The number of halogens is 1. The van der Waals surface area contributed by atoms with Crippen molar-refractivity contribution >= 4 is 6.29 Å². The first kappa shape index (κ1) is 17.4. The molecule has 0 spiro atoms. The fourth-order valence-electron chi connectivity index (χ4n) is 0.672. The molecule has 1 nitrogen and oxygen atoms in total. The summed E-state index contributed by atoms with van der Waals surface area (Å²) in [6.07, 6.45) is 5.94. The van der Waals surface area contributed by atoms with Gasteiger partial charge in [-0.3, -0.25) is 4.79 Å². The van der Waals surface area contributed by atoms with Gasteiger partial charge in [-0.2, -0.15) is 0 Å². The van der Waals surface area contributed by atoms with E-state index in [0.29, 0.717) is 23.0 Å². The first-order chi connectivity index (χ1) is 8.01. The average Bonchev–Trinajstić information content (AvgIpc) is 2.37. The van der Waals surface area contributed by atoms with Crippen LogP contribution >= 0.6 is 0 Å². The highest BCUT2D eigenvalue weighted by molar-refractivity contribution is 5.76. The predicted octanol–water partition coefficient (Wildman–Crippen LogP) is 4.48. The van der Waals surface area contributed by atoms with Crippen molar-refractivity contribution in [3.8, 4) is 0 Å². The zero-order valence-electron chi connectivity index (χ0n) is 10.5. The SMILES string of the molecule is C=C/C(F)=C\C(=C)C(=C)/C=C\C(=C)C=O.CC. The van der Waals surface area contributed by atoms with Gasteiger partial charge in [-0.05, 0) is 23.3 Å². The Morgan fingerprint density at radius 3 is 2.00 bits per heavy atom. The van der Waals surface area contributed by atoms with Crippen LogP contribution in [0.3, 0.4) is 0 Å². The Morgan fingerprint density at radius 2 is 1.59 bits per heavy atom. The maximum absolute atomic E-state index is 12.8. The predicted molar refractivity (Wildman–Crippen MR) is 73.4 cm³/mol. The minimum atomic E-state index is -0.483. The molecule has 0 N–H and O–H groups in total. The third-order valence-electron chi connectivity index (χ3n) is 1.57. The first-order valence-electron chi connectivity index (χ1n) is 5.21. The molecule has 0 aliphatic rings. The quantitative estimate of drug-likeness (QED) is 0.376. The fraction of sp³-hybridized carbons (Fsp3) is 0.133. The number of hydrogen-bond acceptors (Lipinski definition) is 1. The van der Waals surface area contributed by atoms with E-state index in [2.05, 4.69) is 26.3 Å². The minimum absolute atomic E-state index is 0.317. The van der Waals surface area contributed by atoms with Crippen molar-refractivity contribution < 1.29 is 9.18 Å². The maximum Gasteiger partial charge on any atom is 0.149 e. The van der Waals surface area contributed by atoms with E-state index in [1.807, 2.05) is 13.8 Å². The number of rotatable bonds is 6. The highest BCUT2D eigenvalue weighted by Gasteiger charge is 1.95. The molecule has 0 radical (unpaired) electrons. The summed E-state index contributed by atoms with van der Waals surface area (Å²) in [5.74, 6) is -0.483. The number of allylic oxidation sites excluding steroid dienone is 8. The molecule has 2 heteroatoms. The molecule has 0 amide bonds. The molecule has 0 fully saturated rings. The molecule has 0 saturated heterocycles. The van der Waals surface area contributed by atoms with Crippen LogP contribution in [0.15, 0.2) is 73.2 Å². The zero-order valence-corrected chi connectivity index (χ0v) is 10.5. The highest BCUT2D eigenvalue weighted by atomic mass is 19.1. The second-order valence-corrected chi connectivity index (χ2v) is 2.81. The topological polar surface area (TPSA) is 17.1 Å². The van der Waals surface area contributed by atoms with Gasteiger partial charge >= 0.3 is 0 Å². The first-order valence-corrected chi connectivity index (χ1v) is 5.21. The molecule has 0 bridgehead atoms. The summed E-state index contributed by atoms with van der Waals surface area (Å²) in [5.41, 5.74) is 1.24. The van der Waals surface area contributed by atoms with Gasteiger partial charge in [-0.15, -0.1) is 0 Å². The van der Waals surface area contributed by atoms with Gasteiger partial charge in [0.2, 0.25) is 0 Å². The molecule has 0 atom stereocenters. The Labute approximate surface area is 103 Å². The molecule has 0 aromatic heterocycles. The highest BCUT2D eigenvalue weighted by Crippen LogP contribution is 2.12. The summed E-state index contributed by atoms with van der Waals surface area (Å²) in [5, 5.41) is 0. The fourth-order valence-corrected chi connectivity index (χ4v) is 0.672. The van der Waals surface area contributed by atoms with Gasteiger partial charge in [-0.1, -0.05) is 52.3 Å². The standard InChI is InChI=1S/C13H13FO.C2H6/c1-5-13(14)8-12(4)11(3)7-6-10(2)9-15;1-2/h5-9H,1-4H2;1-2H3/b7-6-,13-8+;. The van der Waals surface area contributed by atoms with Gasteiger partial charge in [0.05, 0.1) is 0 Å². The summed E-state index contributed by atoms with van der Waals surface area (Å²) >= 11 is 0. The van der Waals surface area contributed by atoms with Crippen molar-refractivity contribution in [3.63, 3.8) is 0 Å². The van der Waals surface area contributed by atoms with Crippen molar-refractivity contribution in [2.75, 3.05) is 0 Å². The molecule has 0 heterocycles. The van der Waals surface area contributed by atoms with Crippen LogP contribution in [0.4, 0.5) is 4.39 Å². The van der Waals surface area contributed by atoms with Crippen LogP contribution in [0.5, 0.6) is 0 Å². The molecule has 17 heavy (non-hydrogen) atoms. The van der Waals surface area contributed by atoms with Crippen LogP contribution in [0.25, 0.3) is 0 Å². The van der Waals surface area contributed by atoms with E-state index in [1.54, 1.807) is 6.08 Å². The maximum atomic E-state index is 12.8. The van der Waals surface area contributed by atoms with Crippen molar-refractivity contribution in [1.29, 1.82) is 0 Å². The van der Waals surface area contributed by atoms with Crippen LogP contribution in [-0.2, 0) is 4.79 Å². The van der Waals surface area contributed by atoms with E-state index in [4.69, 9.17) is 0 Å². The van der Waals surface area contributed by atoms with E-state index >= 15 is 0 Å². The third kappa shape index (κ3) is 9.00. The van der Waals surface area contributed by atoms with Gasteiger partial charge in [0.25, 0.3) is 0 Å². The van der Waals surface area contributed by atoms with Gasteiger partial charge < -0.3 is 0 Å². The van der Waals surface area contributed by atoms with Crippen LogP contribution < -0.4 is 0 Å². The zero-order chi connectivity index (χ0) is 13.8. The van der Waals surface area contributed by atoms with Crippen LogP contribution in [0.1, 0.15) is 13.8 Å². The average molecular weight is 234 g/mol. The lowest BCUT2D eigenvalue weighted by molar-refractivity contribution is -0.104. The molecule has 92 valence electrons. The molecule has 0 rings (SSSR count). The summed E-state index contributed by atoms with van der Waals surface area (Å²) in [7, 11) is 0. The second kappa shape index (κ2) is 10.6. The minimum Gasteiger partial charge on any atom is -0.298 e. The molecule has 0 aromatic rings. The van der Waals surface area contributed by atoms with E-state index < -0.39 is 5.83 Å². The Balaban J connectivity index is 0. The Morgan fingerprint density at radius 1 is 1.06 bits per heavy atom. The Kier molecular flexibility index (Phi) is 10.8. The summed E-state index contributed by atoms with van der Waals surface area (Å²) in [4.78, 5) is 10.2. The number of carbonyl (C=O) groups excluding carboxylic acids is 1. The van der Waals surface area contributed by atoms with Crippen LogP contribution in [-0.4, -0.2) is 6.29 Å². The molecule has 0 aromatic carbocycles. The second-order valence-electron chi connectivity index (χ2n) is 2.81. The molecular formula is C15H19FO. The molecule has 0 aliphatic heterocycles. The van der Waals surface area contributed by atoms with Crippen molar-refractivity contribution in [3.05, 3.63) is 73.2 Å². The van der Waals surface area contributed by atoms with Crippen molar-refractivity contribution in [2.24, 2.45) is 0 Å². The van der Waals surface area contributed by atoms with Gasteiger partial charge in [0, 0.05) is 5.57 Å². The van der Waals surface area contributed by atoms with E-state index in [1.165, 1.54) is 12.2 Å². The monoisotopic (exact) mass is 234 g/mol. The molecule has 0 saturated carbocycles. The van der Waals surface area contributed by atoms with Crippen LogP contribution in [0, 0.1) is 0 Å². The van der Waals surface area contributed by atoms with Crippen LogP contribution in [0.2, 0.25) is 0 Å². The van der Waals surface area contributed by atoms with E-state index in [-0.39, 0.29) is 0 Å².